The van der Waals surface area contributed by atoms with E-state index in [1.165, 1.54) is 21.7 Å². The van der Waals surface area contributed by atoms with Crippen LogP contribution in [0.1, 0.15) is 68.3 Å². The van der Waals surface area contributed by atoms with Gasteiger partial charge in [-0.1, -0.05) is 37.2 Å². The molecule has 0 spiro atoms. The zero-order valence-electron chi connectivity index (χ0n) is 20.5. The molecule has 2 aliphatic rings. The van der Waals surface area contributed by atoms with Gasteiger partial charge in [0.25, 0.3) is 5.89 Å². The van der Waals surface area contributed by atoms with E-state index in [9.17, 15) is 9.90 Å². The second-order valence-electron chi connectivity index (χ2n) is 10.5. The molecular weight excluding hydrogens is 430 g/mol. The van der Waals surface area contributed by atoms with E-state index in [0.717, 1.165) is 55.5 Å². The number of rotatable bonds is 4. The molecule has 1 fully saturated rings. The maximum Gasteiger partial charge on any atom is 0.407 e. The van der Waals surface area contributed by atoms with Crippen molar-refractivity contribution in [1.82, 2.24) is 24.8 Å². The summed E-state index contributed by atoms with van der Waals surface area (Å²) in [6.07, 6.45) is 3.97. The molecule has 5 rings (SSSR count). The molecule has 8 nitrogen and oxygen atoms in total. The Hall–Kier alpha value is -3.16. The number of likely N-dealkylation sites (tertiary alicyclic amines) is 1. The van der Waals surface area contributed by atoms with Gasteiger partial charge in [0.2, 0.25) is 5.82 Å². The predicted molar refractivity (Wildman–Crippen MR) is 129 cm³/mol. The van der Waals surface area contributed by atoms with Crippen molar-refractivity contribution in [3.8, 4) is 23.0 Å². The Bertz CT molecular complexity index is 1220. The molecule has 0 unspecified atom stereocenters. The van der Waals surface area contributed by atoms with Gasteiger partial charge >= 0.3 is 6.09 Å². The zero-order chi connectivity index (χ0) is 24.0. The summed E-state index contributed by atoms with van der Waals surface area (Å²) in [4.78, 5) is 17.4. The van der Waals surface area contributed by atoms with Crippen molar-refractivity contribution in [3.05, 3.63) is 40.6 Å². The second kappa shape index (κ2) is 8.56. The Morgan fingerprint density at radius 1 is 1.26 bits per heavy atom. The number of nitrogens with zero attached hydrogens (tertiary/aromatic N) is 5. The van der Waals surface area contributed by atoms with Gasteiger partial charge in [0.1, 0.15) is 0 Å². The number of benzene rings is 1. The number of carboxylic acid groups (broad SMARTS) is 1. The molecule has 0 bridgehead atoms. The molecule has 3 aromatic rings. The Morgan fingerprint density at radius 3 is 2.71 bits per heavy atom. The molecule has 1 amide bonds. The number of carbonyl (C=O) groups is 1. The van der Waals surface area contributed by atoms with E-state index in [1.807, 2.05) is 0 Å². The van der Waals surface area contributed by atoms with Crippen LogP contribution < -0.4 is 0 Å². The van der Waals surface area contributed by atoms with Crippen LogP contribution in [0.25, 0.3) is 23.0 Å². The fourth-order valence-electron chi connectivity index (χ4n) is 5.46. The Kier molecular flexibility index (Phi) is 5.70. The normalized spacial score (nSPS) is 18.2. The number of fused-ring (bicyclic) bond motifs is 1. The summed E-state index contributed by atoms with van der Waals surface area (Å²) in [5.74, 6) is 1.44. The van der Waals surface area contributed by atoms with Crippen LogP contribution in [-0.4, -0.2) is 49.1 Å². The number of amides is 1. The van der Waals surface area contributed by atoms with Gasteiger partial charge in [-0.3, -0.25) is 4.68 Å². The molecule has 0 saturated carbocycles. The van der Waals surface area contributed by atoms with Crippen LogP contribution in [0, 0.1) is 12.3 Å². The van der Waals surface area contributed by atoms with E-state index in [-0.39, 0.29) is 5.41 Å². The van der Waals surface area contributed by atoms with E-state index in [1.54, 1.807) is 0 Å². The van der Waals surface area contributed by atoms with Gasteiger partial charge in [-0.25, -0.2) is 4.79 Å². The van der Waals surface area contributed by atoms with Crippen molar-refractivity contribution < 1.29 is 14.4 Å². The van der Waals surface area contributed by atoms with Gasteiger partial charge in [-0.05, 0) is 68.4 Å². The minimum Gasteiger partial charge on any atom is -0.465 e. The van der Waals surface area contributed by atoms with E-state index < -0.39 is 6.09 Å². The first-order chi connectivity index (χ1) is 16.3. The minimum atomic E-state index is -0.827. The lowest BCUT2D eigenvalue weighted by Crippen LogP contribution is -2.36. The van der Waals surface area contributed by atoms with Crippen molar-refractivity contribution in [3.63, 3.8) is 0 Å². The summed E-state index contributed by atoms with van der Waals surface area (Å²) in [6, 6.07) is 6.36. The number of aromatic nitrogens is 4. The summed E-state index contributed by atoms with van der Waals surface area (Å²) in [5.41, 5.74) is 6.93. The lowest BCUT2D eigenvalue weighted by atomic mass is 9.76. The molecule has 1 N–H and O–H groups in total. The summed E-state index contributed by atoms with van der Waals surface area (Å²) < 4.78 is 7.81. The first-order valence-corrected chi connectivity index (χ1v) is 12.3. The van der Waals surface area contributed by atoms with Crippen LogP contribution >= 0.6 is 0 Å². The lowest BCUT2D eigenvalue weighted by molar-refractivity contribution is 0.132. The molecule has 180 valence electrons. The molecule has 1 aliphatic carbocycles. The maximum absolute atomic E-state index is 11.2. The van der Waals surface area contributed by atoms with Gasteiger partial charge < -0.3 is 14.5 Å². The molecular formula is C26H33N5O3. The topological polar surface area (TPSA) is 97.3 Å². The lowest BCUT2D eigenvalue weighted by Gasteiger charge is -2.30. The minimum absolute atomic E-state index is 0.278. The van der Waals surface area contributed by atoms with Gasteiger partial charge in [0.15, 0.2) is 5.69 Å². The van der Waals surface area contributed by atoms with Crippen LogP contribution in [0.15, 0.2) is 22.7 Å². The van der Waals surface area contributed by atoms with Gasteiger partial charge in [0.05, 0.1) is 0 Å². The number of hydrogen-bond donors (Lipinski definition) is 1. The van der Waals surface area contributed by atoms with Crippen molar-refractivity contribution >= 4 is 6.09 Å². The average Bonchev–Trinajstić information content (AvgIpc) is 3.42. The number of piperidine rings is 1. The molecule has 34 heavy (non-hydrogen) atoms. The average molecular weight is 464 g/mol. The highest BCUT2D eigenvalue weighted by molar-refractivity contribution is 5.65. The highest BCUT2D eigenvalue weighted by Crippen LogP contribution is 2.39. The quantitative estimate of drug-likeness (QED) is 0.564. The molecule has 1 aliphatic heterocycles. The molecule has 0 radical (unpaired) electrons. The van der Waals surface area contributed by atoms with Gasteiger partial charge in [0, 0.05) is 36.5 Å². The largest absolute Gasteiger partial charge is 0.465 e. The van der Waals surface area contributed by atoms with Crippen LogP contribution in [0.5, 0.6) is 0 Å². The molecule has 2 aromatic heterocycles. The highest BCUT2D eigenvalue weighted by atomic mass is 16.5. The molecule has 1 saturated heterocycles. The monoisotopic (exact) mass is 463 g/mol. The number of aryl methyl sites for hydroxylation is 2. The Morgan fingerprint density at radius 2 is 2.03 bits per heavy atom. The zero-order valence-corrected chi connectivity index (χ0v) is 20.5. The van der Waals surface area contributed by atoms with Crippen LogP contribution in [0.4, 0.5) is 4.79 Å². The molecule has 8 heteroatoms. The van der Waals surface area contributed by atoms with Crippen molar-refractivity contribution in [2.75, 3.05) is 13.1 Å². The fourth-order valence-corrected chi connectivity index (χ4v) is 5.46. The summed E-state index contributed by atoms with van der Waals surface area (Å²) >= 11 is 0. The standard InChI is InChI=1S/C26H33N5O3/c1-5-31-21-15-26(3,4)11-8-20(21)22(28-31)24-27-23(29-34-24)19-7-6-18(14-16(19)2)17-9-12-30(13-10-17)25(32)33/h6-7,14,17H,5,8-13,15H2,1-4H3,(H,32,33). The first kappa shape index (κ1) is 22.6. The van der Waals surface area contributed by atoms with Gasteiger partial charge in [-0.15, -0.1) is 0 Å². The van der Waals surface area contributed by atoms with Crippen LogP contribution in [0.3, 0.4) is 0 Å². The fraction of sp³-hybridized carbons (Fsp3) is 0.538. The van der Waals surface area contributed by atoms with Crippen molar-refractivity contribution in [2.45, 2.75) is 72.3 Å². The first-order valence-electron chi connectivity index (χ1n) is 12.3. The SMILES string of the molecule is CCn1nc(-c2nc(-c3ccc(C4CCN(C(=O)O)CC4)cc3C)no2)c2c1CC(C)(C)CC2. The third kappa shape index (κ3) is 4.10. The summed E-state index contributed by atoms with van der Waals surface area (Å²) in [5, 5.41) is 18.3. The van der Waals surface area contributed by atoms with E-state index in [0.29, 0.717) is 30.7 Å². The molecule has 3 heterocycles. The Balaban J connectivity index is 1.39. The van der Waals surface area contributed by atoms with E-state index in [4.69, 9.17) is 14.6 Å². The summed E-state index contributed by atoms with van der Waals surface area (Å²) in [7, 11) is 0. The van der Waals surface area contributed by atoms with Crippen LogP contribution in [-0.2, 0) is 19.4 Å². The summed E-state index contributed by atoms with van der Waals surface area (Å²) in [6.45, 7) is 10.8. The van der Waals surface area contributed by atoms with Crippen LogP contribution in [0.2, 0.25) is 0 Å². The number of hydrogen-bond acceptors (Lipinski definition) is 5. The third-order valence-electron chi connectivity index (χ3n) is 7.52. The van der Waals surface area contributed by atoms with E-state index >= 15 is 0 Å². The maximum atomic E-state index is 11.2. The second-order valence-corrected chi connectivity index (χ2v) is 10.5. The van der Waals surface area contributed by atoms with Gasteiger partial charge in [-0.2, -0.15) is 10.1 Å². The molecule has 0 atom stereocenters. The molecule has 1 aromatic carbocycles. The van der Waals surface area contributed by atoms with Crippen molar-refractivity contribution in [2.24, 2.45) is 5.41 Å². The smallest absolute Gasteiger partial charge is 0.407 e. The Labute approximate surface area is 200 Å². The van der Waals surface area contributed by atoms with E-state index in [2.05, 4.69) is 55.7 Å². The highest BCUT2D eigenvalue weighted by Gasteiger charge is 2.32. The third-order valence-corrected chi connectivity index (χ3v) is 7.52. The van der Waals surface area contributed by atoms with Crippen molar-refractivity contribution in [1.29, 1.82) is 0 Å². The predicted octanol–water partition coefficient (Wildman–Crippen LogP) is 5.30.